The third kappa shape index (κ3) is 5.29. The zero-order valence-corrected chi connectivity index (χ0v) is 12.1. The van der Waals surface area contributed by atoms with Crippen molar-refractivity contribution in [2.24, 2.45) is 5.92 Å². The summed E-state index contributed by atoms with van der Waals surface area (Å²) in [6.07, 6.45) is 3.32. The van der Waals surface area contributed by atoms with E-state index < -0.39 is 0 Å². The standard InChI is InChI=1S/C14H21Cl2N/c1-3-9-17-10-11(2)7-8-12-5-4-6-13(15)14(12)16/h4-6,11,17H,3,7-10H2,1-2H3. The first-order valence-electron chi connectivity index (χ1n) is 6.28. The quantitative estimate of drug-likeness (QED) is 0.718. The van der Waals surface area contributed by atoms with Crippen molar-refractivity contribution in [1.82, 2.24) is 5.32 Å². The molecule has 3 heteroatoms. The Labute approximate surface area is 115 Å². The zero-order chi connectivity index (χ0) is 12.7. The molecule has 0 fully saturated rings. The highest BCUT2D eigenvalue weighted by molar-refractivity contribution is 6.42. The predicted molar refractivity (Wildman–Crippen MR) is 77.1 cm³/mol. The first-order valence-corrected chi connectivity index (χ1v) is 7.04. The molecule has 1 aromatic rings. The van der Waals surface area contributed by atoms with Gasteiger partial charge in [0.15, 0.2) is 0 Å². The highest BCUT2D eigenvalue weighted by Gasteiger charge is 2.07. The van der Waals surface area contributed by atoms with Crippen molar-refractivity contribution in [3.63, 3.8) is 0 Å². The van der Waals surface area contributed by atoms with Gasteiger partial charge in [-0.1, -0.05) is 49.2 Å². The number of hydrogen-bond acceptors (Lipinski definition) is 1. The molecular formula is C14H21Cl2N. The van der Waals surface area contributed by atoms with Gasteiger partial charge in [-0.05, 0) is 49.9 Å². The number of nitrogens with one attached hydrogen (secondary N) is 1. The molecule has 0 aliphatic rings. The largest absolute Gasteiger partial charge is 0.316 e. The molecule has 1 nitrogen and oxygen atoms in total. The van der Waals surface area contributed by atoms with E-state index in [2.05, 4.69) is 25.2 Å². The van der Waals surface area contributed by atoms with Crippen molar-refractivity contribution in [2.45, 2.75) is 33.1 Å². The second kappa shape index (κ2) is 7.97. The minimum Gasteiger partial charge on any atom is -0.316 e. The van der Waals surface area contributed by atoms with Crippen molar-refractivity contribution in [3.8, 4) is 0 Å². The summed E-state index contributed by atoms with van der Waals surface area (Å²) in [4.78, 5) is 0. The number of aryl methyl sites for hydroxylation is 1. The van der Waals surface area contributed by atoms with Gasteiger partial charge in [-0.25, -0.2) is 0 Å². The van der Waals surface area contributed by atoms with Gasteiger partial charge in [0.25, 0.3) is 0 Å². The van der Waals surface area contributed by atoms with Gasteiger partial charge in [0.1, 0.15) is 0 Å². The number of halogens is 2. The summed E-state index contributed by atoms with van der Waals surface area (Å²) in [6.45, 7) is 6.62. The van der Waals surface area contributed by atoms with Crippen molar-refractivity contribution in [2.75, 3.05) is 13.1 Å². The maximum absolute atomic E-state index is 6.16. The molecule has 0 saturated carbocycles. The van der Waals surface area contributed by atoms with Crippen LogP contribution < -0.4 is 5.32 Å². The van der Waals surface area contributed by atoms with Gasteiger partial charge in [-0.15, -0.1) is 0 Å². The van der Waals surface area contributed by atoms with E-state index in [0.29, 0.717) is 16.0 Å². The van der Waals surface area contributed by atoms with Crippen molar-refractivity contribution >= 4 is 23.2 Å². The van der Waals surface area contributed by atoms with Crippen molar-refractivity contribution in [1.29, 1.82) is 0 Å². The summed E-state index contributed by atoms with van der Waals surface area (Å²) < 4.78 is 0. The van der Waals surface area contributed by atoms with E-state index in [4.69, 9.17) is 23.2 Å². The minimum absolute atomic E-state index is 0.654. The van der Waals surface area contributed by atoms with Crippen molar-refractivity contribution in [3.05, 3.63) is 33.8 Å². The van der Waals surface area contributed by atoms with E-state index in [1.54, 1.807) is 0 Å². The molecular weight excluding hydrogens is 253 g/mol. The smallest absolute Gasteiger partial charge is 0.0624 e. The maximum atomic E-state index is 6.16. The second-order valence-electron chi connectivity index (χ2n) is 4.56. The van der Waals surface area contributed by atoms with Crippen molar-refractivity contribution < 1.29 is 0 Å². The van der Waals surface area contributed by atoms with Gasteiger partial charge in [0.05, 0.1) is 10.0 Å². The summed E-state index contributed by atoms with van der Waals surface area (Å²) in [5.74, 6) is 0.664. The van der Waals surface area contributed by atoms with E-state index in [-0.39, 0.29) is 0 Å². The Hall–Kier alpha value is -0.240. The average Bonchev–Trinajstić information content (AvgIpc) is 2.31. The van der Waals surface area contributed by atoms with Gasteiger partial charge >= 0.3 is 0 Å². The second-order valence-corrected chi connectivity index (χ2v) is 5.35. The molecule has 1 rings (SSSR count). The van der Waals surface area contributed by atoms with E-state index in [9.17, 15) is 0 Å². The van der Waals surface area contributed by atoms with E-state index in [0.717, 1.165) is 31.5 Å². The van der Waals surface area contributed by atoms with Gasteiger partial charge < -0.3 is 5.32 Å². The molecule has 96 valence electrons. The average molecular weight is 274 g/mol. The highest BCUT2D eigenvalue weighted by Crippen LogP contribution is 2.26. The zero-order valence-electron chi connectivity index (χ0n) is 10.6. The highest BCUT2D eigenvalue weighted by atomic mass is 35.5. The van der Waals surface area contributed by atoms with Crippen LogP contribution >= 0.6 is 23.2 Å². The fourth-order valence-corrected chi connectivity index (χ4v) is 2.19. The molecule has 0 bridgehead atoms. The van der Waals surface area contributed by atoms with Crippen LogP contribution in [0.1, 0.15) is 32.3 Å². The minimum atomic E-state index is 0.654. The van der Waals surface area contributed by atoms with Gasteiger partial charge in [-0.2, -0.15) is 0 Å². The lowest BCUT2D eigenvalue weighted by molar-refractivity contribution is 0.481. The Morgan fingerprint density at radius 1 is 1.29 bits per heavy atom. The van der Waals surface area contributed by atoms with Crippen LogP contribution in [0.2, 0.25) is 10.0 Å². The SMILES string of the molecule is CCCNCC(C)CCc1cccc(Cl)c1Cl. The lowest BCUT2D eigenvalue weighted by Crippen LogP contribution is -2.22. The van der Waals surface area contributed by atoms with Crippen LogP contribution in [0.25, 0.3) is 0 Å². The number of rotatable bonds is 7. The van der Waals surface area contributed by atoms with Crippen LogP contribution in [0.4, 0.5) is 0 Å². The molecule has 0 saturated heterocycles. The summed E-state index contributed by atoms with van der Waals surface area (Å²) in [7, 11) is 0. The van der Waals surface area contributed by atoms with Crippen LogP contribution in [0, 0.1) is 5.92 Å². The molecule has 1 N–H and O–H groups in total. The van der Waals surface area contributed by atoms with E-state index in [1.165, 1.54) is 6.42 Å². The first kappa shape index (κ1) is 14.8. The Kier molecular flexibility index (Phi) is 6.94. The van der Waals surface area contributed by atoms with Gasteiger partial charge in [-0.3, -0.25) is 0 Å². The van der Waals surface area contributed by atoms with Crippen LogP contribution in [-0.4, -0.2) is 13.1 Å². The lowest BCUT2D eigenvalue weighted by Gasteiger charge is -2.13. The number of hydrogen-bond donors (Lipinski definition) is 1. The molecule has 0 spiro atoms. The molecule has 0 aliphatic heterocycles. The van der Waals surface area contributed by atoms with E-state index in [1.807, 2.05) is 12.1 Å². The Morgan fingerprint density at radius 2 is 2.06 bits per heavy atom. The topological polar surface area (TPSA) is 12.0 Å². The molecule has 1 unspecified atom stereocenters. The third-order valence-electron chi connectivity index (χ3n) is 2.86. The molecule has 0 amide bonds. The Morgan fingerprint density at radius 3 is 2.76 bits per heavy atom. The fourth-order valence-electron chi connectivity index (χ4n) is 1.77. The molecule has 0 heterocycles. The Balaban J connectivity index is 2.37. The van der Waals surface area contributed by atoms with Crippen LogP contribution in [0.5, 0.6) is 0 Å². The normalized spacial score (nSPS) is 12.7. The maximum Gasteiger partial charge on any atom is 0.0624 e. The summed E-state index contributed by atoms with van der Waals surface area (Å²) >= 11 is 12.1. The Bertz CT molecular complexity index is 339. The number of benzene rings is 1. The molecule has 1 atom stereocenters. The molecule has 0 aromatic heterocycles. The third-order valence-corrected chi connectivity index (χ3v) is 3.72. The van der Waals surface area contributed by atoms with Gasteiger partial charge in [0, 0.05) is 0 Å². The first-order chi connectivity index (χ1) is 8.15. The summed E-state index contributed by atoms with van der Waals surface area (Å²) in [6, 6.07) is 5.85. The molecule has 0 aliphatic carbocycles. The van der Waals surface area contributed by atoms with Crippen LogP contribution in [0.3, 0.4) is 0 Å². The molecule has 0 radical (unpaired) electrons. The molecule has 17 heavy (non-hydrogen) atoms. The summed E-state index contributed by atoms with van der Waals surface area (Å²) in [5, 5.41) is 4.80. The fraction of sp³-hybridized carbons (Fsp3) is 0.571. The van der Waals surface area contributed by atoms with E-state index >= 15 is 0 Å². The van der Waals surface area contributed by atoms with Crippen LogP contribution in [-0.2, 0) is 6.42 Å². The molecule has 1 aromatic carbocycles. The van der Waals surface area contributed by atoms with Gasteiger partial charge in [0.2, 0.25) is 0 Å². The summed E-state index contributed by atoms with van der Waals surface area (Å²) in [5.41, 5.74) is 1.15. The lowest BCUT2D eigenvalue weighted by atomic mass is 10.0. The van der Waals surface area contributed by atoms with Crippen LogP contribution in [0.15, 0.2) is 18.2 Å². The monoisotopic (exact) mass is 273 g/mol. The predicted octanol–water partition coefficient (Wildman–Crippen LogP) is 4.56.